The summed E-state index contributed by atoms with van der Waals surface area (Å²) in [6.45, 7) is 1.07. The van der Waals surface area contributed by atoms with Gasteiger partial charge in [-0.15, -0.1) is 0 Å². The number of H-pyrrole nitrogens is 1. The number of carbonyl (C=O) groups excluding carboxylic acids is 1. The normalized spacial score (nSPS) is 10.2. The number of hydrogen-bond acceptors (Lipinski definition) is 4. The predicted molar refractivity (Wildman–Crippen MR) is 69.6 cm³/mol. The summed E-state index contributed by atoms with van der Waals surface area (Å²) in [5.41, 5.74) is -2.87. The molecule has 0 fully saturated rings. The third-order valence-electron chi connectivity index (χ3n) is 2.68. The van der Waals surface area contributed by atoms with E-state index in [0.717, 1.165) is 11.5 Å². The molecule has 0 radical (unpaired) electrons. The number of hydrogen-bond donors (Lipinski definition) is 2. The van der Waals surface area contributed by atoms with Crippen molar-refractivity contribution in [2.75, 3.05) is 0 Å². The first-order valence-corrected chi connectivity index (χ1v) is 5.62. The summed E-state index contributed by atoms with van der Waals surface area (Å²) in [5.74, 6) is -2.25. The van der Waals surface area contributed by atoms with Gasteiger partial charge in [0.05, 0.1) is 5.69 Å². The fraction of sp³-hybridized carbons (Fsp3) is 0.0769. The lowest BCUT2D eigenvalue weighted by Gasteiger charge is -2.11. The Balaban J connectivity index is 2.98. The molecule has 0 saturated heterocycles. The molecule has 102 valence electrons. The maximum absolute atomic E-state index is 11.9. The average molecular weight is 274 g/mol. The first kappa shape index (κ1) is 13.5. The largest absolute Gasteiger partial charge is 0.477 e. The van der Waals surface area contributed by atoms with E-state index in [2.05, 4.69) is 0 Å². The van der Waals surface area contributed by atoms with Gasteiger partial charge < -0.3 is 5.11 Å². The molecule has 0 aliphatic carbocycles. The van der Waals surface area contributed by atoms with Crippen molar-refractivity contribution in [1.29, 1.82) is 0 Å². The van der Waals surface area contributed by atoms with Crippen LogP contribution in [-0.2, 0) is 0 Å². The average Bonchev–Trinajstić information content (AvgIpc) is 2.38. The van der Waals surface area contributed by atoms with Gasteiger partial charge >= 0.3 is 11.7 Å². The van der Waals surface area contributed by atoms with Gasteiger partial charge in [0.25, 0.3) is 5.56 Å². The minimum atomic E-state index is -1.53. The van der Waals surface area contributed by atoms with E-state index in [9.17, 15) is 24.3 Å². The quantitative estimate of drug-likeness (QED) is 0.788. The van der Waals surface area contributed by atoms with Crippen LogP contribution in [0.5, 0.6) is 0 Å². The zero-order valence-corrected chi connectivity index (χ0v) is 10.4. The number of rotatable bonds is 3. The van der Waals surface area contributed by atoms with Crippen molar-refractivity contribution in [3.05, 3.63) is 62.4 Å². The van der Waals surface area contributed by atoms with Crippen molar-refractivity contribution < 1.29 is 14.7 Å². The van der Waals surface area contributed by atoms with Crippen LogP contribution < -0.4 is 11.2 Å². The van der Waals surface area contributed by atoms with E-state index in [4.69, 9.17) is 0 Å². The van der Waals surface area contributed by atoms with E-state index < -0.39 is 34.3 Å². The number of aromatic nitrogens is 2. The molecule has 0 amide bonds. The Morgan fingerprint density at radius 2 is 1.75 bits per heavy atom. The fourth-order valence-corrected chi connectivity index (χ4v) is 1.89. The SMILES string of the molecule is CC(=O)c1c(C(=O)O)n(-c2ccccc2)c(=O)[nH]c1=O. The Labute approximate surface area is 112 Å². The van der Waals surface area contributed by atoms with Crippen LogP contribution >= 0.6 is 0 Å². The van der Waals surface area contributed by atoms with Gasteiger partial charge in [0.2, 0.25) is 0 Å². The number of aromatic amines is 1. The second kappa shape index (κ2) is 4.96. The second-order valence-corrected chi connectivity index (χ2v) is 4.02. The number of ketones is 1. The highest BCUT2D eigenvalue weighted by Crippen LogP contribution is 2.10. The maximum Gasteiger partial charge on any atom is 0.354 e. The Bertz CT molecular complexity index is 802. The highest BCUT2D eigenvalue weighted by atomic mass is 16.4. The molecular formula is C13H10N2O5. The topological polar surface area (TPSA) is 109 Å². The molecule has 7 heteroatoms. The van der Waals surface area contributed by atoms with E-state index in [1.54, 1.807) is 18.2 Å². The molecule has 20 heavy (non-hydrogen) atoms. The second-order valence-electron chi connectivity index (χ2n) is 4.02. The van der Waals surface area contributed by atoms with E-state index in [1.165, 1.54) is 12.1 Å². The van der Waals surface area contributed by atoms with Crippen LogP contribution in [0.25, 0.3) is 5.69 Å². The molecule has 1 aromatic carbocycles. The molecule has 0 unspecified atom stereocenters. The van der Waals surface area contributed by atoms with Gasteiger partial charge in [-0.05, 0) is 19.1 Å². The molecule has 2 N–H and O–H groups in total. The number of carbonyl (C=O) groups is 2. The first-order valence-electron chi connectivity index (χ1n) is 5.62. The highest BCUT2D eigenvalue weighted by molar-refractivity contribution is 6.03. The standard InChI is InChI=1S/C13H10N2O5/c1-7(16)9-10(12(18)19)15(13(20)14-11(9)17)8-5-3-2-4-6-8/h2-6H,1H3,(H,18,19)(H,14,17,20). The van der Waals surface area contributed by atoms with Crippen LogP contribution in [0.1, 0.15) is 27.8 Å². The van der Waals surface area contributed by atoms with E-state index in [1.807, 2.05) is 4.98 Å². The molecule has 2 aromatic rings. The molecule has 0 atom stereocenters. The summed E-state index contributed by atoms with van der Waals surface area (Å²) in [7, 11) is 0. The minimum absolute atomic E-state index is 0.244. The van der Waals surface area contributed by atoms with E-state index in [-0.39, 0.29) is 5.69 Å². The lowest BCUT2D eigenvalue weighted by molar-refractivity contribution is 0.0681. The van der Waals surface area contributed by atoms with E-state index in [0.29, 0.717) is 0 Å². The van der Waals surface area contributed by atoms with E-state index >= 15 is 0 Å². The minimum Gasteiger partial charge on any atom is -0.477 e. The summed E-state index contributed by atoms with van der Waals surface area (Å²) >= 11 is 0. The van der Waals surface area contributed by atoms with Crippen molar-refractivity contribution in [2.45, 2.75) is 6.92 Å². The number of para-hydroxylation sites is 1. The highest BCUT2D eigenvalue weighted by Gasteiger charge is 2.24. The zero-order chi connectivity index (χ0) is 14.9. The van der Waals surface area contributed by atoms with Crippen molar-refractivity contribution in [3.63, 3.8) is 0 Å². The Kier molecular flexibility index (Phi) is 3.34. The number of aromatic carboxylic acids is 1. The summed E-state index contributed by atoms with van der Waals surface area (Å²) in [4.78, 5) is 48.3. The summed E-state index contributed by atoms with van der Waals surface area (Å²) in [6, 6.07) is 7.89. The predicted octanol–water partition coefficient (Wildman–Crippen LogP) is 0.427. The van der Waals surface area contributed by atoms with Gasteiger partial charge in [-0.3, -0.25) is 19.1 Å². The molecule has 1 aromatic heterocycles. The third-order valence-corrected chi connectivity index (χ3v) is 2.68. The lowest BCUT2D eigenvalue weighted by Crippen LogP contribution is -2.37. The van der Waals surface area contributed by atoms with Crippen molar-refractivity contribution in [1.82, 2.24) is 9.55 Å². The number of carboxylic acids is 1. The molecule has 0 aliphatic rings. The monoisotopic (exact) mass is 274 g/mol. The summed E-state index contributed by atoms with van der Waals surface area (Å²) in [6.07, 6.45) is 0. The fourth-order valence-electron chi connectivity index (χ4n) is 1.89. The molecule has 0 spiro atoms. The molecule has 0 aliphatic heterocycles. The molecule has 0 bridgehead atoms. The van der Waals surface area contributed by atoms with Crippen molar-refractivity contribution in [2.24, 2.45) is 0 Å². The van der Waals surface area contributed by atoms with Crippen molar-refractivity contribution >= 4 is 11.8 Å². The molecule has 7 nitrogen and oxygen atoms in total. The number of nitrogens with zero attached hydrogens (tertiary/aromatic N) is 1. The van der Waals surface area contributed by atoms with Gasteiger partial charge in [0.1, 0.15) is 5.56 Å². The summed E-state index contributed by atoms with van der Waals surface area (Å²) < 4.78 is 0.792. The number of nitrogens with one attached hydrogen (secondary N) is 1. The Hall–Kier alpha value is -2.96. The number of Topliss-reactive ketones (excluding diaryl/α,β-unsaturated/α-hetero) is 1. The molecule has 2 rings (SSSR count). The van der Waals surface area contributed by atoms with Gasteiger partial charge in [-0.25, -0.2) is 9.59 Å². The number of benzene rings is 1. The first-order chi connectivity index (χ1) is 9.43. The molecular weight excluding hydrogens is 264 g/mol. The van der Waals surface area contributed by atoms with Gasteiger partial charge in [-0.1, -0.05) is 18.2 Å². The number of carboxylic acid groups (broad SMARTS) is 1. The van der Waals surface area contributed by atoms with Gasteiger partial charge in [-0.2, -0.15) is 0 Å². The van der Waals surface area contributed by atoms with Crippen LogP contribution in [0.15, 0.2) is 39.9 Å². The van der Waals surface area contributed by atoms with Gasteiger partial charge in [0.15, 0.2) is 11.5 Å². The van der Waals surface area contributed by atoms with Crippen LogP contribution in [0.3, 0.4) is 0 Å². The van der Waals surface area contributed by atoms with Crippen LogP contribution in [0, 0.1) is 0 Å². The molecule has 1 heterocycles. The smallest absolute Gasteiger partial charge is 0.354 e. The summed E-state index contributed by atoms with van der Waals surface area (Å²) in [5, 5.41) is 9.24. The van der Waals surface area contributed by atoms with Crippen LogP contribution in [-0.4, -0.2) is 26.4 Å². The third kappa shape index (κ3) is 2.16. The lowest BCUT2D eigenvalue weighted by atomic mass is 10.1. The zero-order valence-electron chi connectivity index (χ0n) is 10.4. The maximum atomic E-state index is 11.9. The molecule has 0 saturated carbocycles. The van der Waals surface area contributed by atoms with Gasteiger partial charge in [0, 0.05) is 0 Å². The van der Waals surface area contributed by atoms with Crippen LogP contribution in [0.2, 0.25) is 0 Å². The van der Waals surface area contributed by atoms with Crippen LogP contribution in [0.4, 0.5) is 0 Å². The Morgan fingerprint density at radius 3 is 2.25 bits per heavy atom. The Morgan fingerprint density at radius 1 is 1.15 bits per heavy atom. The van der Waals surface area contributed by atoms with Crippen molar-refractivity contribution in [3.8, 4) is 5.69 Å².